The summed E-state index contributed by atoms with van der Waals surface area (Å²) in [5.74, 6) is 0.309. The lowest BCUT2D eigenvalue weighted by Gasteiger charge is -2.33. The van der Waals surface area contributed by atoms with E-state index >= 15 is 0 Å². The van der Waals surface area contributed by atoms with Crippen molar-refractivity contribution >= 4 is 23.6 Å². The number of aryl methyl sites for hydroxylation is 2. The van der Waals surface area contributed by atoms with Crippen LogP contribution in [0.25, 0.3) is 0 Å². The Hall–Kier alpha value is -3.16. The van der Waals surface area contributed by atoms with E-state index < -0.39 is 0 Å². The molecule has 0 unspecified atom stereocenters. The molecule has 1 aromatic heterocycles. The van der Waals surface area contributed by atoms with Crippen LogP contribution >= 0.6 is 0 Å². The number of hydrogen-bond acceptors (Lipinski definition) is 6. The minimum absolute atomic E-state index is 0.240. The zero-order valence-electron chi connectivity index (χ0n) is 16.4. The lowest BCUT2D eigenvalue weighted by molar-refractivity contribution is 0.102. The van der Waals surface area contributed by atoms with Crippen molar-refractivity contribution in [2.45, 2.75) is 20.8 Å². The number of aromatic nitrogens is 2. The van der Waals surface area contributed by atoms with Gasteiger partial charge in [0, 0.05) is 44.3 Å². The third-order valence-corrected chi connectivity index (χ3v) is 4.71. The Bertz CT molecular complexity index is 825. The maximum Gasteiger partial charge on any atom is 0.409 e. The number of para-hydroxylation sites is 1. The Morgan fingerprint density at radius 2 is 1.68 bits per heavy atom. The molecular weight excluding hydrogens is 358 g/mol. The number of carbonyl (C=O) groups excluding carboxylic acids is 2. The van der Waals surface area contributed by atoms with Gasteiger partial charge in [0.25, 0.3) is 5.91 Å². The van der Waals surface area contributed by atoms with Gasteiger partial charge in [0.1, 0.15) is 0 Å². The molecule has 1 aliphatic rings. The molecule has 1 N–H and O–H groups in total. The summed E-state index contributed by atoms with van der Waals surface area (Å²) >= 11 is 0. The SMILES string of the molecule is CCOC(=O)N1CCN(c2ncc(C(=O)Nc3c(C)cccc3C)cn2)CC1. The predicted octanol–water partition coefficient (Wildman–Crippen LogP) is 2.62. The molecule has 2 heterocycles. The molecule has 1 aliphatic heterocycles. The zero-order chi connectivity index (χ0) is 20.1. The summed E-state index contributed by atoms with van der Waals surface area (Å²) in [5, 5.41) is 2.93. The molecule has 1 aromatic carbocycles. The second kappa shape index (κ2) is 8.69. The van der Waals surface area contributed by atoms with Crippen molar-refractivity contribution in [1.82, 2.24) is 14.9 Å². The molecule has 2 amide bonds. The van der Waals surface area contributed by atoms with Gasteiger partial charge in [0.05, 0.1) is 12.2 Å². The van der Waals surface area contributed by atoms with Crippen LogP contribution in [0.3, 0.4) is 0 Å². The minimum Gasteiger partial charge on any atom is -0.450 e. The average molecular weight is 383 g/mol. The monoisotopic (exact) mass is 383 g/mol. The van der Waals surface area contributed by atoms with Gasteiger partial charge in [-0.25, -0.2) is 14.8 Å². The summed E-state index contributed by atoms with van der Waals surface area (Å²) in [7, 11) is 0. The van der Waals surface area contributed by atoms with Gasteiger partial charge in [-0.3, -0.25) is 4.79 Å². The zero-order valence-corrected chi connectivity index (χ0v) is 16.4. The fourth-order valence-electron chi connectivity index (χ4n) is 3.10. The van der Waals surface area contributed by atoms with Crippen LogP contribution in [0, 0.1) is 13.8 Å². The van der Waals surface area contributed by atoms with Crippen LogP contribution in [0.1, 0.15) is 28.4 Å². The van der Waals surface area contributed by atoms with Crippen LogP contribution in [-0.2, 0) is 4.74 Å². The summed E-state index contributed by atoms with van der Waals surface area (Å²) in [6.45, 7) is 8.41. The Kier molecular flexibility index (Phi) is 6.08. The fourth-order valence-corrected chi connectivity index (χ4v) is 3.10. The van der Waals surface area contributed by atoms with Crippen molar-refractivity contribution in [3.63, 3.8) is 0 Å². The topological polar surface area (TPSA) is 87.7 Å². The second-order valence-electron chi connectivity index (χ2n) is 6.67. The van der Waals surface area contributed by atoms with Crippen molar-refractivity contribution in [1.29, 1.82) is 0 Å². The van der Waals surface area contributed by atoms with Gasteiger partial charge in [-0.2, -0.15) is 0 Å². The average Bonchev–Trinajstić information content (AvgIpc) is 2.71. The molecule has 0 radical (unpaired) electrons. The Morgan fingerprint density at radius 3 is 2.25 bits per heavy atom. The molecule has 2 aromatic rings. The molecule has 0 spiro atoms. The van der Waals surface area contributed by atoms with E-state index in [0.717, 1.165) is 16.8 Å². The molecule has 1 fully saturated rings. The van der Waals surface area contributed by atoms with E-state index in [2.05, 4.69) is 15.3 Å². The van der Waals surface area contributed by atoms with Gasteiger partial charge in [-0.1, -0.05) is 18.2 Å². The standard InChI is InChI=1S/C20H25N5O3/c1-4-28-20(27)25-10-8-24(9-11-25)19-21-12-16(13-22-19)18(26)23-17-14(2)6-5-7-15(17)3/h5-7,12-13H,4,8-11H2,1-3H3,(H,23,26). The number of hydrogen-bond donors (Lipinski definition) is 1. The highest BCUT2D eigenvalue weighted by atomic mass is 16.6. The predicted molar refractivity (Wildman–Crippen MR) is 107 cm³/mol. The maximum atomic E-state index is 12.5. The van der Waals surface area contributed by atoms with Gasteiger partial charge < -0.3 is 19.9 Å². The molecular formula is C20H25N5O3. The summed E-state index contributed by atoms with van der Waals surface area (Å²) in [6, 6.07) is 5.87. The summed E-state index contributed by atoms with van der Waals surface area (Å²) in [4.78, 5) is 36.6. The lowest BCUT2D eigenvalue weighted by atomic mass is 10.1. The number of benzene rings is 1. The van der Waals surface area contributed by atoms with Crippen LogP contribution < -0.4 is 10.2 Å². The number of piperazine rings is 1. The highest BCUT2D eigenvalue weighted by Crippen LogP contribution is 2.20. The summed E-state index contributed by atoms with van der Waals surface area (Å²) in [6.07, 6.45) is 2.77. The van der Waals surface area contributed by atoms with E-state index in [1.807, 2.05) is 36.9 Å². The summed E-state index contributed by atoms with van der Waals surface area (Å²) < 4.78 is 5.02. The molecule has 8 heteroatoms. The second-order valence-corrected chi connectivity index (χ2v) is 6.67. The Morgan fingerprint density at radius 1 is 1.07 bits per heavy atom. The van der Waals surface area contributed by atoms with Crippen molar-refractivity contribution in [2.75, 3.05) is 43.0 Å². The smallest absolute Gasteiger partial charge is 0.409 e. The quantitative estimate of drug-likeness (QED) is 0.873. The number of carbonyl (C=O) groups is 2. The molecule has 0 saturated carbocycles. The van der Waals surface area contributed by atoms with Crippen LogP contribution in [0.4, 0.5) is 16.4 Å². The van der Waals surface area contributed by atoms with E-state index in [-0.39, 0.29) is 12.0 Å². The fraction of sp³-hybridized carbons (Fsp3) is 0.400. The van der Waals surface area contributed by atoms with Gasteiger partial charge in [-0.15, -0.1) is 0 Å². The molecule has 148 valence electrons. The van der Waals surface area contributed by atoms with Gasteiger partial charge in [0.15, 0.2) is 0 Å². The highest BCUT2D eigenvalue weighted by molar-refractivity contribution is 6.04. The first kappa shape index (κ1) is 19.6. The van der Waals surface area contributed by atoms with Crippen LogP contribution in [0.5, 0.6) is 0 Å². The molecule has 1 saturated heterocycles. The third-order valence-electron chi connectivity index (χ3n) is 4.71. The molecule has 3 rings (SSSR count). The number of anilines is 2. The van der Waals surface area contributed by atoms with E-state index in [0.29, 0.717) is 44.3 Å². The number of ether oxygens (including phenoxy) is 1. The molecule has 0 aliphatic carbocycles. The van der Waals surface area contributed by atoms with Crippen LogP contribution in [0.15, 0.2) is 30.6 Å². The number of nitrogens with one attached hydrogen (secondary N) is 1. The normalized spacial score (nSPS) is 14.0. The van der Waals surface area contributed by atoms with Crippen molar-refractivity contribution < 1.29 is 14.3 Å². The first-order valence-corrected chi connectivity index (χ1v) is 9.36. The van der Waals surface area contributed by atoms with E-state index in [1.54, 1.807) is 11.8 Å². The minimum atomic E-state index is -0.290. The number of rotatable bonds is 4. The van der Waals surface area contributed by atoms with Crippen molar-refractivity contribution in [3.05, 3.63) is 47.3 Å². The lowest BCUT2D eigenvalue weighted by Crippen LogP contribution is -2.49. The van der Waals surface area contributed by atoms with Gasteiger partial charge in [0.2, 0.25) is 5.95 Å². The molecule has 0 bridgehead atoms. The van der Waals surface area contributed by atoms with Crippen molar-refractivity contribution in [3.8, 4) is 0 Å². The number of amides is 2. The first-order valence-electron chi connectivity index (χ1n) is 9.36. The maximum absolute atomic E-state index is 12.5. The third kappa shape index (κ3) is 4.39. The largest absolute Gasteiger partial charge is 0.450 e. The van der Waals surface area contributed by atoms with E-state index in [1.165, 1.54) is 12.4 Å². The van der Waals surface area contributed by atoms with Crippen molar-refractivity contribution in [2.24, 2.45) is 0 Å². The highest BCUT2D eigenvalue weighted by Gasteiger charge is 2.23. The Labute approximate surface area is 164 Å². The van der Waals surface area contributed by atoms with Gasteiger partial charge >= 0.3 is 6.09 Å². The van der Waals surface area contributed by atoms with Gasteiger partial charge in [-0.05, 0) is 31.9 Å². The summed E-state index contributed by atoms with van der Waals surface area (Å²) in [5.41, 5.74) is 3.22. The molecule has 8 nitrogen and oxygen atoms in total. The number of nitrogens with zero attached hydrogens (tertiary/aromatic N) is 4. The Balaban J connectivity index is 1.61. The molecule has 28 heavy (non-hydrogen) atoms. The van der Waals surface area contributed by atoms with Crippen LogP contribution in [0.2, 0.25) is 0 Å². The first-order chi connectivity index (χ1) is 13.5. The van der Waals surface area contributed by atoms with E-state index in [4.69, 9.17) is 4.74 Å². The van der Waals surface area contributed by atoms with E-state index in [9.17, 15) is 9.59 Å². The molecule has 0 atom stereocenters. The van der Waals surface area contributed by atoms with Crippen LogP contribution in [-0.4, -0.2) is 59.7 Å².